The summed E-state index contributed by atoms with van der Waals surface area (Å²) < 4.78 is 11.4. The van der Waals surface area contributed by atoms with E-state index in [-0.39, 0.29) is 6.10 Å². The molecule has 0 radical (unpaired) electrons. The lowest BCUT2D eigenvalue weighted by molar-refractivity contribution is 0.254. The van der Waals surface area contributed by atoms with Crippen molar-refractivity contribution in [1.29, 1.82) is 0 Å². The van der Waals surface area contributed by atoms with Crippen LogP contribution in [0.25, 0.3) is 0 Å². The van der Waals surface area contributed by atoms with Gasteiger partial charge in [0.15, 0.2) is 0 Å². The van der Waals surface area contributed by atoms with Gasteiger partial charge in [-0.15, -0.1) is 0 Å². The monoisotopic (exact) mass is 295 g/mol. The first-order chi connectivity index (χ1) is 10.7. The van der Waals surface area contributed by atoms with Gasteiger partial charge in [-0.05, 0) is 48.4 Å². The van der Waals surface area contributed by atoms with Gasteiger partial charge < -0.3 is 9.47 Å². The number of carbonyl (C=O) groups excluding carboxylic acids is 1. The van der Waals surface area contributed by atoms with Gasteiger partial charge in [0.2, 0.25) is 6.08 Å². The van der Waals surface area contributed by atoms with E-state index in [9.17, 15) is 4.79 Å². The van der Waals surface area contributed by atoms with E-state index < -0.39 is 0 Å². The van der Waals surface area contributed by atoms with Crippen molar-refractivity contribution >= 4 is 11.8 Å². The van der Waals surface area contributed by atoms with Crippen LogP contribution >= 0.6 is 0 Å². The summed E-state index contributed by atoms with van der Waals surface area (Å²) >= 11 is 0. The highest BCUT2D eigenvalue weighted by atomic mass is 16.5. The molecule has 4 heteroatoms. The predicted octanol–water partition coefficient (Wildman–Crippen LogP) is 3.60. The first-order valence-electron chi connectivity index (χ1n) is 7.34. The van der Waals surface area contributed by atoms with Crippen LogP contribution in [0.3, 0.4) is 0 Å². The number of benzene rings is 2. The molecule has 2 aromatic rings. The molecule has 0 saturated heterocycles. The maximum Gasteiger partial charge on any atom is 0.240 e. The average Bonchev–Trinajstić information content (AvgIpc) is 2.89. The highest BCUT2D eigenvalue weighted by Crippen LogP contribution is 2.29. The topological polar surface area (TPSA) is 47.9 Å². The quantitative estimate of drug-likeness (QED) is 0.625. The smallest absolute Gasteiger partial charge is 0.240 e. The van der Waals surface area contributed by atoms with Crippen molar-refractivity contribution in [3.05, 3.63) is 53.6 Å². The molecule has 112 valence electrons. The van der Waals surface area contributed by atoms with E-state index in [1.807, 2.05) is 6.07 Å². The molecule has 0 N–H and O–H groups in total. The van der Waals surface area contributed by atoms with Crippen molar-refractivity contribution in [1.82, 2.24) is 0 Å². The number of rotatable bonds is 5. The first kappa shape index (κ1) is 14.4. The molecule has 0 spiro atoms. The zero-order valence-electron chi connectivity index (χ0n) is 12.4. The summed E-state index contributed by atoms with van der Waals surface area (Å²) in [5.41, 5.74) is 3.11. The van der Waals surface area contributed by atoms with Gasteiger partial charge in [-0.2, -0.15) is 4.99 Å². The summed E-state index contributed by atoms with van der Waals surface area (Å²) in [6.07, 6.45) is 3.61. The molecule has 22 heavy (non-hydrogen) atoms. The SMILES string of the molecule is CC1Cc2cc(CCOc3ccc(N=C=O)cc3)ccc2O1. The molecule has 0 saturated carbocycles. The summed E-state index contributed by atoms with van der Waals surface area (Å²) in [6.45, 7) is 2.69. The Morgan fingerprint density at radius 2 is 2.09 bits per heavy atom. The fraction of sp³-hybridized carbons (Fsp3) is 0.278. The summed E-state index contributed by atoms with van der Waals surface area (Å²) in [5.74, 6) is 1.77. The van der Waals surface area contributed by atoms with Crippen LogP contribution in [0, 0.1) is 0 Å². The Labute approximate surface area is 129 Å². The fourth-order valence-corrected chi connectivity index (χ4v) is 2.59. The molecule has 1 atom stereocenters. The van der Waals surface area contributed by atoms with E-state index in [4.69, 9.17) is 9.47 Å². The minimum atomic E-state index is 0.272. The molecule has 0 aromatic heterocycles. The average molecular weight is 295 g/mol. The largest absolute Gasteiger partial charge is 0.493 e. The van der Waals surface area contributed by atoms with Gasteiger partial charge >= 0.3 is 0 Å². The van der Waals surface area contributed by atoms with E-state index >= 15 is 0 Å². The van der Waals surface area contributed by atoms with Gasteiger partial charge in [0.25, 0.3) is 0 Å². The van der Waals surface area contributed by atoms with E-state index in [1.54, 1.807) is 24.3 Å². The third-order valence-electron chi connectivity index (χ3n) is 3.63. The van der Waals surface area contributed by atoms with Crippen LogP contribution < -0.4 is 9.47 Å². The Balaban J connectivity index is 1.55. The van der Waals surface area contributed by atoms with Crippen molar-refractivity contribution in [3.63, 3.8) is 0 Å². The van der Waals surface area contributed by atoms with E-state index in [2.05, 4.69) is 24.0 Å². The summed E-state index contributed by atoms with van der Waals surface area (Å²) in [4.78, 5) is 13.7. The van der Waals surface area contributed by atoms with Crippen LogP contribution in [0.2, 0.25) is 0 Å². The summed E-state index contributed by atoms with van der Waals surface area (Å²) in [5, 5.41) is 0. The molecule has 1 heterocycles. The lowest BCUT2D eigenvalue weighted by Crippen LogP contribution is -2.05. The molecule has 1 aliphatic rings. The van der Waals surface area contributed by atoms with Crippen LogP contribution in [0.4, 0.5) is 5.69 Å². The Bertz CT molecular complexity index is 703. The molecular formula is C18H17NO3. The number of aliphatic imine (C=N–C) groups is 1. The van der Waals surface area contributed by atoms with Crippen molar-refractivity contribution in [2.24, 2.45) is 4.99 Å². The maximum atomic E-state index is 10.2. The number of nitrogens with zero attached hydrogens (tertiary/aromatic N) is 1. The Kier molecular flexibility index (Phi) is 4.22. The molecule has 0 amide bonds. The molecule has 0 aliphatic carbocycles. The van der Waals surface area contributed by atoms with Crippen LogP contribution in [0.15, 0.2) is 47.5 Å². The van der Waals surface area contributed by atoms with Crippen LogP contribution in [0.5, 0.6) is 11.5 Å². The number of ether oxygens (including phenoxy) is 2. The number of isocyanates is 1. The lowest BCUT2D eigenvalue weighted by Gasteiger charge is -2.07. The van der Waals surface area contributed by atoms with Crippen LogP contribution in [-0.2, 0) is 17.6 Å². The highest BCUT2D eigenvalue weighted by molar-refractivity contribution is 5.50. The van der Waals surface area contributed by atoms with Gasteiger partial charge in [-0.1, -0.05) is 12.1 Å². The van der Waals surface area contributed by atoms with Crippen molar-refractivity contribution in [2.45, 2.75) is 25.9 Å². The fourth-order valence-electron chi connectivity index (χ4n) is 2.59. The molecule has 0 fully saturated rings. The van der Waals surface area contributed by atoms with E-state index in [1.165, 1.54) is 17.2 Å². The minimum absolute atomic E-state index is 0.272. The van der Waals surface area contributed by atoms with Gasteiger partial charge in [0.1, 0.15) is 17.6 Å². The van der Waals surface area contributed by atoms with E-state index in [0.29, 0.717) is 12.3 Å². The van der Waals surface area contributed by atoms with Gasteiger partial charge in [-0.3, -0.25) is 0 Å². The van der Waals surface area contributed by atoms with Crippen LogP contribution in [0.1, 0.15) is 18.1 Å². The zero-order valence-corrected chi connectivity index (χ0v) is 12.4. The third kappa shape index (κ3) is 3.35. The second kappa shape index (κ2) is 6.46. The predicted molar refractivity (Wildman–Crippen MR) is 83.7 cm³/mol. The second-order valence-electron chi connectivity index (χ2n) is 5.37. The lowest BCUT2D eigenvalue weighted by atomic mass is 10.1. The Morgan fingerprint density at radius 3 is 2.86 bits per heavy atom. The number of hydrogen-bond acceptors (Lipinski definition) is 4. The molecule has 0 bridgehead atoms. The summed E-state index contributed by atoms with van der Waals surface area (Å²) in [7, 11) is 0. The molecule has 4 nitrogen and oxygen atoms in total. The van der Waals surface area contributed by atoms with Gasteiger partial charge in [0, 0.05) is 12.8 Å². The van der Waals surface area contributed by atoms with Gasteiger partial charge in [-0.25, -0.2) is 4.79 Å². The maximum absolute atomic E-state index is 10.2. The van der Waals surface area contributed by atoms with Gasteiger partial charge in [0.05, 0.1) is 12.3 Å². The molecule has 1 aliphatic heterocycles. The number of fused-ring (bicyclic) bond motifs is 1. The molecular weight excluding hydrogens is 278 g/mol. The van der Waals surface area contributed by atoms with Crippen molar-refractivity contribution in [2.75, 3.05) is 6.61 Å². The number of hydrogen-bond donors (Lipinski definition) is 0. The second-order valence-corrected chi connectivity index (χ2v) is 5.37. The zero-order chi connectivity index (χ0) is 15.4. The minimum Gasteiger partial charge on any atom is -0.493 e. The Hall–Kier alpha value is -2.58. The Morgan fingerprint density at radius 1 is 1.27 bits per heavy atom. The van der Waals surface area contributed by atoms with Crippen molar-refractivity contribution < 1.29 is 14.3 Å². The normalized spacial score (nSPS) is 15.6. The summed E-state index contributed by atoms with van der Waals surface area (Å²) in [6, 6.07) is 13.4. The first-order valence-corrected chi connectivity index (χ1v) is 7.34. The molecule has 1 unspecified atom stereocenters. The third-order valence-corrected chi connectivity index (χ3v) is 3.63. The molecule has 3 rings (SSSR count). The molecule has 2 aromatic carbocycles. The van der Waals surface area contributed by atoms with Crippen molar-refractivity contribution in [3.8, 4) is 11.5 Å². The highest BCUT2D eigenvalue weighted by Gasteiger charge is 2.18. The van der Waals surface area contributed by atoms with E-state index in [0.717, 1.165) is 24.3 Å². The van der Waals surface area contributed by atoms with Crippen LogP contribution in [-0.4, -0.2) is 18.8 Å². The standard InChI is InChI=1S/C18H17NO3/c1-13-10-15-11-14(2-7-18(15)22-13)8-9-21-17-5-3-16(4-6-17)19-12-20/h2-7,11,13H,8-10H2,1H3.